The van der Waals surface area contributed by atoms with E-state index < -0.39 is 28.1 Å². The van der Waals surface area contributed by atoms with Crippen LogP contribution < -0.4 is 5.32 Å². The molecular formula is C15H19F3N2O3S. The second-order valence-electron chi connectivity index (χ2n) is 5.92. The van der Waals surface area contributed by atoms with Crippen molar-refractivity contribution in [3.8, 4) is 0 Å². The normalized spacial score (nSPS) is 17.7. The van der Waals surface area contributed by atoms with Crippen LogP contribution in [0.5, 0.6) is 0 Å². The number of aryl methyl sites for hydroxylation is 2. The second kappa shape index (κ2) is 6.72. The number of hydrogen-bond donors (Lipinski definition) is 1. The Morgan fingerprint density at radius 3 is 2.33 bits per heavy atom. The molecule has 1 aliphatic rings. The Labute approximate surface area is 138 Å². The number of sulfonamides is 1. The molecule has 0 atom stereocenters. The summed E-state index contributed by atoms with van der Waals surface area (Å²) < 4.78 is 63.4. The molecule has 0 unspecified atom stereocenters. The van der Waals surface area contributed by atoms with E-state index >= 15 is 0 Å². The summed E-state index contributed by atoms with van der Waals surface area (Å²) in [6.45, 7) is 3.62. The van der Waals surface area contributed by atoms with E-state index in [0.717, 1.165) is 5.56 Å². The molecule has 0 spiro atoms. The van der Waals surface area contributed by atoms with Crippen molar-refractivity contribution in [2.24, 2.45) is 0 Å². The van der Waals surface area contributed by atoms with Crippen molar-refractivity contribution in [3.63, 3.8) is 0 Å². The zero-order chi connectivity index (χ0) is 18.1. The third-order valence-corrected chi connectivity index (χ3v) is 6.05. The van der Waals surface area contributed by atoms with Gasteiger partial charge in [-0.1, -0.05) is 12.1 Å². The monoisotopic (exact) mass is 364 g/mol. The van der Waals surface area contributed by atoms with Gasteiger partial charge in [0, 0.05) is 19.1 Å². The van der Waals surface area contributed by atoms with Gasteiger partial charge in [0.1, 0.15) is 0 Å². The predicted molar refractivity (Wildman–Crippen MR) is 81.9 cm³/mol. The van der Waals surface area contributed by atoms with Gasteiger partial charge in [0.25, 0.3) is 0 Å². The van der Waals surface area contributed by atoms with Crippen molar-refractivity contribution in [1.29, 1.82) is 0 Å². The lowest BCUT2D eigenvalue weighted by molar-refractivity contribution is -0.174. The average molecular weight is 364 g/mol. The number of hydrogen-bond acceptors (Lipinski definition) is 3. The van der Waals surface area contributed by atoms with Crippen LogP contribution in [-0.2, 0) is 14.8 Å². The van der Waals surface area contributed by atoms with Gasteiger partial charge in [-0.2, -0.15) is 17.5 Å². The van der Waals surface area contributed by atoms with Crippen LogP contribution in [0, 0.1) is 13.8 Å². The topological polar surface area (TPSA) is 66.5 Å². The minimum absolute atomic E-state index is 0.0680. The lowest BCUT2D eigenvalue weighted by Gasteiger charge is -2.32. The molecule has 1 aromatic carbocycles. The Morgan fingerprint density at radius 1 is 1.21 bits per heavy atom. The first-order chi connectivity index (χ1) is 11.0. The molecule has 1 N–H and O–H groups in total. The number of carbonyl (C=O) groups excluding carboxylic acids is 1. The largest absolute Gasteiger partial charge is 0.471 e. The van der Waals surface area contributed by atoms with Crippen LogP contribution in [0.2, 0.25) is 0 Å². The standard InChI is InChI=1S/C15H19F3N2O3S/c1-10-3-4-11(2)13(9-10)24(22,23)20-7-5-12(6-8-20)19-14(21)15(16,17)18/h3-4,9,12H,5-8H2,1-2H3,(H,19,21). The number of nitrogens with zero attached hydrogens (tertiary/aromatic N) is 1. The molecule has 9 heteroatoms. The fourth-order valence-corrected chi connectivity index (χ4v) is 4.41. The van der Waals surface area contributed by atoms with Crippen LogP contribution >= 0.6 is 0 Å². The van der Waals surface area contributed by atoms with Crippen molar-refractivity contribution < 1.29 is 26.4 Å². The molecule has 1 fully saturated rings. The molecule has 0 aromatic heterocycles. The van der Waals surface area contributed by atoms with Crippen LogP contribution in [0.15, 0.2) is 23.1 Å². The van der Waals surface area contributed by atoms with Crippen molar-refractivity contribution in [2.75, 3.05) is 13.1 Å². The second-order valence-corrected chi connectivity index (χ2v) is 7.82. The van der Waals surface area contributed by atoms with Gasteiger partial charge >= 0.3 is 12.1 Å². The molecule has 0 saturated carbocycles. The number of amides is 1. The number of halogens is 3. The fraction of sp³-hybridized carbons (Fsp3) is 0.533. The third-order valence-electron chi connectivity index (χ3n) is 4.01. The Balaban J connectivity index is 2.06. The van der Waals surface area contributed by atoms with Gasteiger partial charge < -0.3 is 5.32 Å². The van der Waals surface area contributed by atoms with Gasteiger partial charge in [-0.05, 0) is 43.9 Å². The summed E-state index contributed by atoms with van der Waals surface area (Å²) in [5.41, 5.74) is 1.43. The molecule has 24 heavy (non-hydrogen) atoms. The molecule has 5 nitrogen and oxygen atoms in total. The minimum atomic E-state index is -4.93. The predicted octanol–water partition coefficient (Wildman–Crippen LogP) is 2.14. The minimum Gasteiger partial charge on any atom is -0.345 e. The SMILES string of the molecule is Cc1ccc(C)c(S(=O)(=O)N2CCC(NC(=O)C(F)(F)F)CC2)c1. The van der Waals surface area contributed by atoms with Crippen molar-refractivity contribution in [1.82, 2.24) is 9.62 Å². The van der Waals surface area contributed by atoms with Gasteiger partial charge in [0.2, 0.25) is 10.0 Å². The number of piperidine rings is 1. The van der Waals surface area contributed by atoms with Crippen LogP contribution in [0.3, 0.4) is 0 Å². The molecule has 134 valence electrons. The Morgan fingerprint density at radius 2 is 1.79 bits per heavy atom. The molecule has 1 aromatic rings. The van der Waals surface area contributed by atoms with Gasteiger partial charge in [-0.25, -0.2) is 8.42 Å². The van der Waals surface area contributed by atoms with E-state index in [1.165, 1.54) is 4.31 Å². The molecule has 0 radical (unpaired) electrons. The zero-order valence-electron chi connectivity index (χ0n) is 13.4. The zero-order valence-corrected chi connectivity index (χ0v) is 14.2. The average Bonchev–Trinajstić information content (AvgIpc) is 2.49. The van der Waals surface area contributed by atoms with Crippen LogP contribution in [-0.4, -0.2) is 43.9 Å². The van der Waals surface area contributed by atoms with E-state index in [2.05, 4.69) is 0 Å². The van der Waals surface area contributed by atoms with E-state index in [9.17, 15) is 26.4 Å². The van der Waals surface area contributed by atoms with E-state index in [4.69, 9.17) is 0 Å². The Hall–Kier alpha value is -1.61. The highest BCUT2D eigenvalue weighted by molar-refractivity contribution is 7.89. The van der Waals surface area contributed by atoms with Crippen molar-refractivity contribution in [2.45, 2.75) is 43.8 Å². The molecule has 0 bridgehead atoms. The highest BCUT2D eigenvalue weighted by Crippen LogP contribution is 2.25. The lowest BCUT2D eigenvalue weighted by atomic mass is 10.1. The van der Waals surface area contributed by atoms with Crippen LogP contribution in [0.4, 0.5) is 13.2 Å². The molecule has 1 amide bonds. The van der Waals surface area contributed by atoms with E-state index in [0.29, 0.717) is 5.56 Å². The summed E-state index contributed by atoms with van der Waals surface area (Å²) in [6, 6.07) is 4.44. The molecule has 2 rings (SSSR count). The van der Waals surface area contributed by atoms with Gasteiger partial charge in [-0.15, -0.1) is 0 Å². The molecule has 1 heterocycles. The fourth-order valence-electron chi connectivity index (χ4n) is 2.63. The van der Waals surface area contributed by atoms with E-state index in [1.807, 2.05) is 11.4 Å². The first kappa shape index (κ1) is 18.7. The van der Waals surface area contributed by atoms with Crippen molar-refractivity contribution in [3.05, 3.63) is 29.3 Å². The van der Waals surface area contributed by atoms with Gasteiger partial charge in [0.05, 0.1) is 4.90 Å². The first-order valence-electron chi connectivity index (χ1n) is 7.47. The van der Waals surface area contributed by atoms with E-state index in [1.54, 1.807) is 26.0 Å². The molecular weight excluding hydrogens is 345 g/mol. The number of rotatable bonds is 3. The summed E-state index contributed by atoms with van der Waals surface area (Å²) in [4.78, 5) is 11.2. The van der Waals surface area contributed by atoms with Gasteiger partial charge in [0.15, 0.2) is 0 Å². The summed E-state index contributed by atoms with van der Waals surface area (Å²) in [5, 5.41) is 1.91. The van der Waals surface area contributed by atoms with Crippen LogP contribution in [0.1, 0.15) is 24.0 Å². The highest BCUT2D eigenvalue weighted by atomic mass is 32.2. The van der Waals surface area contributed by atoms with Crippen LogP contribution in [0.25, 0.3) is 0 Å². The highest BCUT2D eigenvalue weighted by Gasteiger charge is 2.40. The first-order valence-corrected chi connectivity index (χ1v) is 8.91. The number of carbonyl (C=O) groups is 1. The third kappa shape index (κ3) is 4.07. The quantitative estimate of drug-likeness (QED) is 0.894. The van der Waals surface area contributed by atoms with E-state index in [-0.39, 0.29) is 30.8 Å². The Kier molecular flexibility index (Phi) is 5.24. The number of alkyl halides is 3. The lowest BCUT2D eigenvalue weighted by Crippen LogP contribution is -2.49. The summed E-state index contributed by atoms with van der Waals surface area (Å²) >= 11 is 0. The smallest absolute Gasteiger partial charge is 0.345 e. The maximum absolute atomic E-state index is 12.7. The van der Waals surface area contributed by atoms with Gasteiger partial charge in [-0.3, -0.25) is 4.79 Å². The molecule has 1 saturated heterocycles. The Bertz CT molecular complexity index is 724. The summed E-state index contributed by atoms with van der Waals surface area (Å²) in [5.74, 6) is -1.99. The molecule has 1 aliphatic heterocycles. The number of nitrogens with one attached hydrogen (secondary N) is 1. The van der Waals surface area contributed by atoms with Crippen molar-refractivity contribution >= 4 is 15.9 Å². The summed E-state index contributed by atoms with van der Waals surface area (Å²) in [6.07, 6.45) is -4.64. The maximum Gasteiger partial charge on any atom is 0.471 e. The molecule has 0 aliphatic carbocycles. The summed E-state index contributed by atoms with van der Waals surface area (Å²) in [7, 11) is -3.70. The number of benzene rings is 1. The maximum atomic E-state index is 12.7.